The van der Waals surface area contributed by atoms with Crippen LogP contribution in [0.5, 0.6) is 17.2 Å². The summed E-state index contributed by atoms with van der Waals surface area (Å²) in [4.78, 5) is 18.9. The van der Waals surface area contributed by atoms with Gasteiger partial charge < -0.3 is 24.1 Å². The van der Waals surface area contributed by atoms with Gasteiger partial charge in [0.05, 0.1) is 26.8 Å². The van der Waals surface area contributed by atoms with E-state index in [9.17, 15) is 4.79 Å². The standard InChI is InChI=1S/C24H32N2O4/c1-28-20-13-21(29-2)23(30-3)22-18(20)12-19(25-22)24(27)26-8-4-5-17(26)11-16-10-14-6-7-15(16)9-14/h12-17,25H,4-11H2,1-3H3. The van der Waals surface area contributed by atoms with Crippen LogP contribution in [0.4, 0.5) is 0 Å². The summed E-state index contributed by atoms with van der Waals surface area (Å²) >= 11 is 0. The monoisotopic (exact) mass is 412 g/mol. The lowest BCUT2D eigenvalue weighted by Crippen LogP contribution is -2.37. The summed E-state index contributed by atoms with van der Waals surface area (Å²) in [5.74, 6) is 4.59. The average molecular weight is 413 g/mol. The van der Waals surface area contributed by atoms with Gasteiger partial charge in [0, 0.05) is 24.0 Å². The highest BCUT2D eigenvalue weighted by atomic mass is 16.5. The number of nitrogens with zero attached hydrogens (tertiary/aromatic N) is 1. The Hall–Kier alpha value is -2.37. The highest BCUT2D eigenvalue weighted by molar-refractivity contribution is 6.02. The van der Waals surface area contributed by atoms with Gasteiger partial charge in [0.1, 0.15) is 11.4 Å². The maximum Gasteiger partial charge on any atom is 0.270 e. The Balaban J connectivity index is 1.42. The van der Waals surface area contributed by atoms with Crippen LogP contribution >= 0.6 is 0 Å². The fourth-order valence-electron chi connectivity index (χ4n) is 6.37. The van der Waals surface area contributed by atoms with Crippen LogP contribution in [0.1, 0.15) is 55.4 Å². The normalized spacial score (nSPS) is 27.8. The summed E-state index contributed by atoms with van der Waals surface area (Å²) in [6.45, 7) is 0.845. The number of hydrogen-bond acceptors (Lipinski definition) is 4. The molecule has 6 nitrogen and oxygen atoms in total. The molecule has 2 aromatic rings. The van der Waals surface area contributed by atoms with Gasteiger partial charge in [-0.15, -0.1) is 0 Å². The molecule has 3 aliphatic rings. The number of hydrogen-bond donors (Lipinski definition) is 1. The van der Waals surface area contributed by atoms with E-state index in [1.807, 2.05) is 6.07 Å². The van der Waals surface area contributed by atoms with E-state index >= 15 is 0 Å². The van der Waals surface area contributed by atoms with Crippen LogP contribution in [0.15, 0.2) is 12.1 Å². The first-order valence-electron chi connectivity index (χ1n) is 11.3. The number of methoxy groups -OCH3 is 3. The van der Waals surface area contributed by atoms with E-state index in [-0.39, 0.29) is 5.91 Å². The van der Waals surface area contributed by atoms with Gasteiger partial charge in [0.2, 0.25) is 0 Å². The number of benzene rings is 1. The van der Waals surface area contributed by atoms with Crippen LogP contribution in [-0.4, -0.2) is 49.7 Å². The summed E-state index contributed by atoms with van der Waals surface area (Å²) in [7, 11) is 4.83. The van der Waals surface area contributed by atoms with Crippen LogP contribution in [0.2, 0.25) is 0 Å². The SMILES string of the molecule is COc1cc(OC)c2cc(C(=O)N3CCCC3CC3CC4CCC3C4)[nH]c2c1OC. The van der Waals surface area contributed by atoms with E-state index in [4.69, 9.17) is 14.2 Å². The molecule has 162 valence electrons. The van der Waals surface area contributed by atoms with Gasteiger partial charge in [0.25, 0.3) is 5.91 Å². The number of likely N-dealkylation sites (tertiary alicyclic amines) is 1. The van der Waals surface area contributed by atoms with Crippen molar-refractivity contribution in [3.63, 3.8) is 0 Å². The van der Waals surface area contributed by atoms with Crippen molar-refractivity contribution in [2.45, 2.75) is 51.0 Å². The van der Waals surface area contributed by atoms with E-state index in [0.29, 0.717) is 29.0 Å². The predicted octanol–water partition coefficient (Wildman–Crippen LogP) is 4.62. The van der Waals surface area contributed by atoms with Crippen molar-refractivity contribution in [2.75, 3.05) is 27.9 Å². The Morgan fingerprint density at radius 3 is 2.57 bits per heavy atom. The van der Waals surface area contributed by atoms with Crippen molar-refractivity contribution in [1.29, 1.82) is 0 Å². The summed E-state index contributed by atoms with van der Waals surface area (Å²) in [5.41, 5.74) is 1.33. The second-order valence-corrected chi connectivity index (χ2v) is 9.25. The van der Waals surface area contributed by atoms with Gasteiger partial charge in [-0.25, -0.2) is 0 Å². The van der Waals surface area contributed by atoms with Crippen molar-refractivity contribution in [3.05, 3.63) is 17.8 Å². The average Bonchev–Trinajstić information content (AvgIpc) is 3.55. The molecule has 1 amide bonds. The summed E-state index contributed by atoms with van der Waals surface area (Å²) in [5, 5.41) is 0.836. The fourth-order valence-corrected chi connectivity index (χ4v) is 6.37. The first kappa shape index (κ1) is 19.6. The van der Waals surface area contributed by atoms with Gasteiger partial charge in [-0.2, -0.15) is 0 Å². The van der Waals surface area contributed by atoms with Gasteiger partial charge >= 0.3 is 0 Å². The number of fused-ring (bicyclic) bond motifs is 3. The minimum Gasteiger partial charge on any atom is -0.496 e. The van der Waals surface area contributed by atoms with Crippen molar-refractivity contribution in [2.24, 2.45) is 17.8 Å². The van der Waals surface area contributed by atoms with Gasteiger partial charge in [-0.1, -0.05) is 6.42 Å². The Kier molecular flexibility index (Phi) is 5.03. The molecule has 5 rings (SSSR count). The maximum atomic E-state index is 13.5. The first-order valence-corrected chi connectivity index (χ1v) is 11.3. The van der Waals surface area contributed by atoms with Crippen LogP contribution in [0.3, 0.4) is 0 Å². The van der Waals surface area contributed by atoms with E-state index in [0.717, 1.165) is 48.0 Å². The number of amides is 1. The molecule has 30 heavy (non-hydrogen) atoms. The highest BCUT2D eigenvalue weighted by Crippen LogP contribution is 2.50. The highest BCUT2D eigenvalue weighted by Gasteiger charge is 2.42. The molecular weight excluding hydrogens is 380 g/mol. The molecule has 2 saturated carbocycles. The zero-order chi connectivity index (χ0) is 20.8. The van der Waals surface area contributed by atoms with Crippen molar-refractivity contribution >= 4 is 16.8 Å². The van der Waals surface area contributed by atoms with Crippen LogP contribution in [0, 0.1) is 17.8 Å². The summed E-state index contributed by atoms with van der Waals surface area (Å²) in [6, 6.07) is 4.06. The molecule has 1 N–H and O–H groups in total. The molecule has 1 saturated heterocycles. The summed E-state index contributed by atoms with van der Waals surface area (Å²) in [6.07, 6.45) is 9.03. The molecule has 1 aliphatic heterocycles. The molecule has 2 aliphatic carbocycles. The van der Waals surface area contributed by atoms with Crippen LogP contribution in [-0.2, 0) is 0 Å². The van der Waals surface area contributed by atoms with Gasteiger partial charge in [-0.3, -0.25) is 4.79 Å². The Bertz CT molecular complexity index is 952. The molecule has 0 radical (unpaired) electrons. The first-order chi connectivity index (χ1) is 14.6. The van der Waals surface area contributed by atoms with Crippen LogP contribution in [0.25, 0.3) is 10.9 Å². The third-order valence-corrected chi connectivity index (χ3v) is 7.77. The number of rotatable bonds is 6. The number of aromatic nitrogens is 1. The quantitative estimate of drug-likeness (QED) is 0.752. The predicted molar refractivity (Wildman–Crippen MR) is 116 cm³/mol. The number of aromatic amines is 1. The molecule has 1 aromatic carbocycles. The lowest BCUT2D eigenvalue weighted by atomic mass is 9.83. The Morgan fingerprint density at radius 1 is 1.07 bits per heavy atom. The Morgan fingerprint density at radius 2 is 1.90 bits per heavy atom. The zero-order valence-electron chi connectivity index (χ0n) is 18.2. The molecule has 3 fully saturated rings. The molecule has 6 heteroatoms. The molecule has 4 atom stereocenters. The second kappa shape index (κ2) is 7.71. The molecule has 4 unspecified atom stereocenters. The lowest BCUT2D eigenvalue weighted by Gasteiger charge is -2.30. The minimum absolute atomic E-state index is 0.0833. The zero-order valence-corrected chi connectivity index (χ0v) is 18.2. The van der Waals surface area contributed by atoms with E-state index in [1.54, 1.807) is 27.4 Å². The summed E-state index contributed by atoms with van der Waals surface area (Å²) < 4.78 is 16.6. The number of nitrogens with one attached hydrogen (secondary N) is 1. The molecule has 2 heterocycles. The molecule has 1 aromatic heterocycles. The van der Waals surface area contributed by atoms with Crippen LogP contribution < -0.4 is 14.2 Å². The third-order valence-electron chi connectivity index (χ3n) is 7.77. The number of ether oxygens (including phenoxy) is 3. The second-order valence-electron chi connectivity index (χ2n) is 9.25. The maximum absolute atomic E-state index is 13.5. The topological polar surface area (TPSA) is 63.8 Å². The van der Waals surface area contributed by atoms with Crippen molar-refractivity contribution < 1.29 is 19.0 Å². The molecule has 0 spiro atoms. The van der Waals surface area contributed by atoms with E-state index in [1.165, 1.54) is 32.1 Å². The van der Waals surface area contributed by atoms with E-state index < -0.39 is 0 Å². The largest absolute Gasteiger partial charge is 0.496 e. The van der Waals surface area contributed by atoms with Crippen molar-refractivity contribution in [3.8, 4) is 17.2 Å². The number of carbonyl (C=O) groups excluding carboxylic acids is 1. The Labute approximate surface area is 177 Å². The molecule has 2 bridgehead atoms. The van der Waals surface area contributed by atoms with E-state index in [2.05, 4.69) is 9.88 Å². The number of carbonyl (C=O) groups is 1. The van der Waals surface area contributed by atoms with Gasteiger partial charge in [0.15, 0.2) is 11.5 Å². The fraction of sp³-hybridized carbons (Fsp3) is 0.625. The van der Waals surface area contributed by atoms with Crippen molar-refractivity contribution in [1.82, 2.24) is 9.88 Å². The third kappa shape index (κ3) is 3.12. The lowest BCUT2D eigenvalue weighted by molar-refractivity contribution is 0.0702. The van der Waals surface area contributed by atoms with Gasteiger partial charge in [-0.05, 0) is 62.3 Å². The minimum atomic E-state index is 0.0833. The number of H-pyrrole nitrogens is 1. The molecular formula is C24H32N2O4. The smallest absolute Gasteiger partial charge is 0.270 e.